The van der Waals surface area contributed by atoms with Crippen LogP contribution in [0.15, 0.2) is 0 Å². The number of nitrogens with one attached hydrogen (secondary N) is 1. The van der Waals surface area contributed by atoms with E-state index in [1.165, 1.54) is 12.8 Å². The van der Waals surface area contributed by atoms with Gasteiger partial charge in [0.15, 0.2) is 0 Å². The van der Waals surface area contributed by atoms with E-state index in [2.05, 4.69) is 31.1 Å². The molecule has 1 saturated carbocycles. The van der Waals surface area contributed by atoms with Crippen molar-refractivity contribution in [1.82, 2.24) is 10.2 Å². The fourth-order valence-electron chi connectivity index (χ4n) is 2.33. The van der Waals surface area contributed by atoms with Gasteiger partial charge in [0, 0.05) is 25.6 Å². The SMILES string of the molecule is CC(C)CC(CN)CC(=O)NCCN(C)C1CC1. The van der Waals surface area contributed by atoms with Crippen LogP contribution < -0.4 is 11.1 Å². The average molecular weight is 255 g/mol. The number of amides is 1. The number of hydrogen-bond acceptors (Lipinski definition) is 3. The van der Waals surface area contributed by atoms with Gasteiger partial charge in [-0.15, -0.1) is 0 Å². The molecular weight excluding hydrogens is 226 g/mol. The second-order valence-corrected chi connectivity index (χ2v) is 6.00. The fourth-order valence-corrected chi connectivity index (χ4v) is 2.33. The van der Waals surface area contributed by atoms with Crippen LogP contribution in [0, 0.1) is 11.8 Å². The Morgan fingerprint density at radius 3 is 2.61 bits per heavy atom. The second kappa shape index (κ2) is 7.74. The van der Waals surface area contributed by atoms with Crippen LogP contribution in [-0.4, -0.2) is 43.5 Å². The molecule has 1 aliphatic carbocycles. The van der Waals surface area contributed by atoms with Crippen molar-refractivity contribution < 1.29 is 4.79 Å². The van der Waals surface area contributed by atoms with Gasteiger partial charge in [-0.2, -0.15) is 0 Å². The summed E-state index contributed by atoms with van der Waals surface area (Å²) in [5.41, 5.74) is 5.71. The molecule has 0 aromatic heterocycles. The van der Waals surface area contributed by atoms with E-state index in [0.717, 1.165) is 25.6 Å². The summed E-state index contributed by atoms with van der Waals surface area (Å²) in [7, 11) is 2.13. The molecular formula is C14H29N3O. The third-order valence-electron chi connectivity index (χ3n) is 3.57. The van der Waals surface area contributed by atoms with Crippen molar-refractivity contribution in [3.63, 3.8) is 0 Å². The predicted molar refractivity (Wildman–Crippen MR) is 75.3 cm³/mol. The fraction of sp³-hybridized carbons (Fsp3) is 0.929. The van der Waals surface area contributed by atoms with Crippen LogP contribution in [0.25, 0.3) is 0 Å². The summed E-state index contributed by atoms with van der Waals surface area (Å²) in [6.45, 7) is 6.66. The summed E-state index contributed by atoms with van der Waals surface area (Å²) in [6.07, 6.45) is 4.23. The molecule has 1 rings (SSSR count). The van der Waals surface area contributed by atoms with Crippen molar-refractivity contribution >= 4 is 5.91 Å². The lowest BCUT2D eigenvalue weighted by Gasteiger charge is -2.18. The predicted octanol–water partition coefficient (Wildman–Crippen LogP) is 1.21. The number of hydrogen-bond donors (Lipinski definition) is 2. The van der Waals surface area contributed by atoms with E-state index in [9.17, 15) is 4.79 Å². The maximum Gasteiger partial charge on any atom is 0.220 e. The first-order valence-corrected chi connectivity index (χ1v) is 7.20. The molecule has 0 aromatic carbocycles. The molecule has 1 unspecified atom stereocenters. The highest BCUT2D eigenvalue weighted by Crippen LogP contribution is 2.24. The second-order valence-electron chi connectivity index (χ2n) is 6.00. The van der Waals surface area contributed by atoms with Gasteiger partial charge in [0.25, 0.3) is 0 Å². The largest absolute Gasteiger partial charge is 0.355 e. The zero-order valence-electron chi connectivity index (χ0n) is 12.1. The first kappa shape index (κ1) is 15.4. The van der Waals surface area contributed by atoms with Crippen LogP contribution in [0.1, 0.15) is 39.5 Å². The van der Waals surface area contributed by atoms with Crippen molar-refractivity contribution in [2.75, 3.05) is 26.7 Å². The summed E-state index contributed by atoms with van der Waals surface area (Å²) in [5, 5.41) is 3.00. The van der Waals surface area contributed by atoms with Crippen molar-refractivity contribution in [1.29, 1.82) is 0 Å². The van der Waals surface area contributed by atoms with Crippen LogP contribution in [0.5, 0.6) is 0 Å². The van der Waals surface area contributed by atoms with Crippen LogP contribution in [0.3, 0.4) is 0 Å². The maximum absolute atomic E-state index is 11.8. The molecule has 1 aliphatic rings. The smallest absolute Gasteiger partial charge is 0.220 e. The third-order valence-corrected chi connectivity index (χ3v) is 3.57. The number of nitrogens with zero attached hydrogens (tertiary/aromatic N) is 1. The molecule has 1 amide bonds. The third kappa shape index (κ3) is 6.36. The van der Waals surface area contributed by atoms with Crippen molar-refractivity contribution in [3.8, 4) is 0 Å². The molecule has 0 radical (unpaired) electrons. The molecule has 0 spiro atoms. The van der Waals surface area contributed by atoms with Crippen molar-refractivity contribution in [2.45, 2.75) is 45.6 Å². The molecule has 1 fully saturated rings. The molecule has 1 atom stereocenters. The molecule has 0 saturated heterocycles. The van der Waals surface area contributed by atoms with Gasteiger partial charge in [-0.25, -0.2) is 0 Å². The van der Waals surface area contributed by atoms with Crippen LogP contribution in [-0.2, 0) is 4.79 Å². The number of rotatable bonds is 9. The molecule has 0 aromatic rings. The van der Waals surface area contributed by atoms with Crippen molar-refractivity contribution in [2.24, 2.45) is 17.6 Å². The highest BCUT2D eigenvalue weighted by molar-refractivity contribution is 5.76. The topological polar surface area (TPSA) is 58.4 Å². The van der Waals surface area contributed by atoms with Gasteiger partial charge in [0.2, 0.25) is 5.91 Å². The summed E-state index contributed by atoms with van der Waals surface area (Å²) in [6, 6.07) is 0.764. The number of carbonyl (C=O) groups excluding carboxylic acids is 1. The molecule has 0 bridgehead atoms. The number of carbonyl (C=O) groups is 1. The Morgan fingerprint density at radius 2 is 2.11 bits per heavy atom. The highest BCUT2D eigenvalue weighted by atomic mass is 16.1. The van der Waals surface area contributed by atoms with Gasteiger partial charge >= 0.3 is 0 Å². The highest BCUT2D eigenvalue weighted by Gasteiger charge is 2.25. The Bertz CT molecular complexity index is 251. The summed E-state index contributed by atoms with van der Waals surface area (Å²) in [5.74, 6) is 1.08. The van der Waals surface area contributed by atoms with Gasteiger partial charge in [-0.05, 0) is 44.7 Å². The quantitative estimate of drug-likeness (QED) is 0.651. The lowest BCUT2D eigenvalue weighted by atomic mass is 9.94. The Kier molecular flexibility index (Phi) is 6.65. The van der Waals surface area contributed by atoms with E-state index < -0.39 is 0 Å². The van der Waals surface area contributed by atoms with Crippen molar-refractivity contribution in [3.05, 3.63) is 0 Å². The molecule has 0 aliphatic heterocycles. The van der Waals surface area contributed by atoms with Gasteiger partial charge in [0.1, 0.15) is 0 Å². The van der Waals surface area contributed by atoms with Crippen LogP contribution >= 0.6 is 0 Å². The minimum Gasteiger partial charge on any atom is -0.355 e. The van der Waals surface area contributed by atoms with Crippen LogP contribution in [0.2, 0.25) is 0 Å². The van der Waals surface area contributed by atoms with Gasteiger partial charge in [-0.3, -0.25) is 4.79 Å². The van der Waals surface area contributed by atoms with E-state index in [0.29, 0.717) is 24.8 Å². The van der Waals surface area contributed by atoms with E-state index in [1.807, 2.05) is 0 Å². The van der Waals surface area contributed by atoms with Gasteiger partial charge in [-0.1, -0.05) is 13.8 Å². The average Bonchev–Trinajstić information content (AvgIpc) is 3.11. The Morgan fingerprint density at radius 1 is 1.44 bits per heavy atom. The first-order chi connectivity index (χ1) is 8.52. The monoisotopic (exact) mass is 255 g/mol. The normalized spacial score (nSPS) is 17.2. The molecule has 106 valence electrons. The first-order valence-electron chi connectivity index (χ1n) is 7.20. The minimum atomic E-state index is 0.148. The van der Waals surface area contributed by atoms with Gasteiger partial charge in [0.05, 0.1) is 0 Å². The number of likely N-dealkylation sites (N-methyl/N-ethyl adjacent to an activating group) is 1. The Balaban J connectivity index is 2.11. The van der Waals surface area contributed by atoms with E-state index >= 15 is 0 Å². The number of nitrogens with two attached hydrogens (primary N) is 1. The van der Waals surface area contributed by atoms with E-state index in [1.54, 1.807) is 0 Å². The van der Waals surface area contributed by atoms with E-state index in [-0.39, 0.29) is 5.91 Å². The summed E-state index contributed by atoms with van der Waals surface area (Å²) < 4.78 is 0. The lowest BCUT2D eigenvalue weighted by molar-refractivity contribution is -0.122. The minimum absolute atomic E-state index is 0.148. The lowest BCUT2D eigenvalue weighted by Crippen LogP contribution is -2.35. The zero-order chi connectivity index (χ0) is 13.5. The molecule has 4 heteroatoms. The van der Waals surface area contributed by atoms with E-state index in [4.69, 9.17) is 5.73 Å². The van der Waals surface area contributed by atoms with Gasteiger partial charge < -0.3 is 16.0 Å². The molecule has 4 nitrogen and oxygen atoms in total. The maximum atomic E-state index is 11.8. The van der Waals surface area contributed by atoms with Crippen LogP contribution in [0.4, 0.5) is 0 Å². The summed E-state index contributed by atoms with van der Waals surface area (Å²) >= 11 is 0. The Hall–Kier alpha value is -0.610. The molecule has 0 heterocycles. The Labute approximate surface area is 111 Å². The summed E-state index contributed by atoms with van der Waals surface area (Å²) in [4.78, 5) is 14.1. The molecule has 3 N–H and O–H groups in total. The standard InChI is InChI=1S/C14H29N3O/c1-11(2)8-12(10-15)9-14(18)16-6-7-17(3)13-4-5-13/h11-13H,4-10,15H2,1-3H3,(H,16,18). The molecule has 18 heavy (non-hydrogen) atoms. The zero-order valence-corrected chi connectivity index (χ0v) is 12.1.